The van der Waals surface area contributed by atoms with E-state index in [1.54, 1.807) is 8.61 Å². The van der Waals surface area contributed by atoms with Crippen molar-refractivity contribution in [3.63, 3.8) is 0 Å². The quantitative estimate of drug-likeness (QED) is 0.704. The van der Waals surface area contributed by atoms with Crippen molar-refractivity contribution in [2.75, 3.05) is 51.1 Å². The van der Waals surface area contributed by atoms with Gasteiger partial charge in [-0.25, -0.2) is 0 Å². The lowest BCUT2D eigenvalue weighted by atomic mass is 10.0. The summed E-state index contributed by atoms with van der Waals surface area (Å²) < 4.78 is 28.8. The van der Waals surface area contributed by atoms with Gasteiger partial charge in [0.25, 0.3) is 10.2 Å². The molecule has 5 nitrogen and oxygen atoms in total. The second-order valence-electron chi connectivity index (χ2n) is 5.90. The van der Waals surface area contributed by atoms with Gasteiger partial charge in [0.15, 0.2) is 0 Å². The fourth-order valence-electron chi connectivity index (χ4n) is 3.04. The molecular formula is C13H26BrN3O2S. The van der Waals surface area contributed by atoms with Crippen LogP contribution in [0.25, 0.3) is 0 Å². The van der Waals surface area contributed by atoms with Crippen molar-refractivity contribution in [2.45, 2.75) is 26.2 Å². The number of piperidine rings is 1. The number of nitrogens with zero attached hydrogens (tertiary/aromatic N) is 3. The lowest BCUT2D eigenvalue weighted by molar-refractivity contribution is 0.256. The van der Waals surface area contributed by atoms with Crippen LogP contribution in [0, 0.1) is 5.92 Å². The second kappa shape index (κ2) is 7.54. The molecule has 2 aliphatic heterocycles. The van der Waals surface area contributed by atoms with E-state index >= 15 is 0 Å². The fourth-order valence-corrected chi connectivity index (χ4v) is 5.34. The molecule has 0 amide bonds. The van der Waals surface area contributed by atoms with Crippen LogP contribution in [0.2, 0.25) is 0 Å². The molecule has 2 heterocycles. The highest BCUT2D eigenvalue weighted by atomic mass is 79.9. The Kier molecular flexibility index (Phi) is 6.28. The number of hydrogen-bond acceptors (Lipinski definition) is 3. The minimum atomic E-state index is -3.25. The molecule has 2 aliphatic rings. The van der Waals surface area contributed by atoms with E-state index in [4.69, 9.17) is 0 Å². The van der Waals surface area contributed by atoms with Crippen LogP contribution in [0.1, 0.15) is 26.2 Å². The molecule has 0 radical (unpaired) electrons. The van der Waals surface area contributed by atoms with Crippen molar-refractivity contribution < 1.29 is 8.42 Å². The maximum absolute atomic E-state index is 12.7. The molecule has 0 spiro atoms. The molecule has 0 N–H and O–H groups in total. The smallest absolute Gasteiger partial charge is 0.282 e. The Morgan fingerprint density at radius 2 is 1.80 bits per heavy atom. The predicted molar refractivity (Wildman–Crippen MR) is 85.3 cm³/mol. The van der Waals surface area contributed by atoms with Gasteiger partial charge in [0, 0.05) is 44.6 Å². The van der Waals surface area contributed by atoms with Crippen LogP contribution in [-0.4, -0.2) is 73.1 Å². The van der Waals surface area contributed by atoms with Gasteiger partial charge in [0.2, 0.25) is 0 Å². The lowest BCUT2D eigenvalue weighted by Crippen LogP contribution is -2.48. The summed E-state index contributed by atoms with van der Waals surface area (Å²) in [6.45, 7) is 7.63. The highest BCUT2D eigenvalue weighted by Gasteiger charge is 2.33. The Hall–Kier alpha value is 0.310. The second-order valence-corrected chi connectivity index (χ2v) is 8.62. The first kappa shape index (κ1) is 16.7. The number of hydrogen-bond donors (Lipinski definition) is 0. The van der Waals surface area contributed by atoms with Crippen molar-refractivity contribution in [2.24, 2.45) is 5.92 Å². The summed E-state index contributed by atoms with van der Waals surface area (Å²) in [7, 11) is -3.25. The van der Waals surface area contributed by atoms with E-state index in [0.717, 1.165) is 44.2 Å². The van der Waals surface area contributed by atoms with Crippen molar-refractivity contribution >= 4 is 26.1 Å². The summed E-state index contributed by atoms with van der Waals surface area (Å²) in [6.07, 6.45) is 3.06. The van der Waals surface area contributed by atoms with Crippen LogP contribution in [0.5, 0.6) is 0 Å². The summed E-state index contributed by atoms with van der Waals surface area (Å²) in [5.41, 5.74) is 0. The van der Waals surface area contributed by atoms with Crippen molar-refractivity contribution in [3.8, 4) is 0 Å². The Morgan fingerprint density at radius 1 is 1.05 bits per heavy atom. The molecule has 0 aromatic rings. The first-order valence-electron chi connectivity index (χ1n) is 7.57. The third-order valence-electron chi connectivity index (χ3n) is 4.22. The molecule has 20 heavy (non-hydrogen) atoms. The molecular weight excluding hydrogens is 342 g/mol. The maximum atomic E-state index is 12.7. The summed E-state index contributed by atoms with van der Waals surface area (Å²) in [5.74, 6) is 0.482. The van der Waals surface area contributed by atoms with Gasteiger partial charge in [-0.15, -0.1) is 0 Å². The Labute approximate surface area is 131 Å². The SMILES string of the molecule is CC1CCCN(S(=O)(=O)N2CCCN(CCBr)CC2)C1. The molecule has 7 heteroatoms. The third kappa shape index (κ3) is 4.16. The lowest BCUT2D eigenvalue weighted by Gasteiger charge is -2.34. The van der Waals surface area contributed by atoms with Gasteiger partial charge in [-0.05, 0) is 31.7 Å². The Balaban J connectivity index is 1.98. The van der Waals surface area contributed by atoms with Gasteiger partial charge in [-0.2, -0.15) is 17.0 Å². The molecule has 0 saturated carbocycles. The van der Waals surface area contributed by atoms with Crippen molar-refractivity contribution in [1.82, 2.24) is 13.5 Å². The normalized spacial score (nSPS) is 28.4. The minimum absolute atomic E-state index is 0.482. The van der Waals surface area contributed by atoms with E-state index < -0.39 is 10.2 Å². The van der Waals surface area contributed by atoms with Crippen LogP contribution in [0.15, 0.2) is 0 Å². The molecule has 2 fully saturated rings. The van der Waals surface area contributed by atoms with Crippen LogP contribution < -0.4 is 0 Å². The zero-order chi connectivity index (χ0) is 14.6. The Bertz CT molecular complexity index is 404. The average Bonchev–Trinajstić information content (AvgIpc) is 2.65. The zero-order valence-electron chi connectivity index (χ0n) is 12.3. The van der Waals surface area contributed by atoms with E-state index in [0.29, 0.717) is 32.1 Å². The van der Waals surface area contributed by atoms with Crippen molar-refractivity contribution in [1.29, 1.82) is 0 Å². The Morgan fingerprint density at radius 3 is 2.50 bits per heavy atom. The molecule has 0 aromatic carbocycles. The van der Waals surface area contributed by atoms with Gasteiger partial charge in [0.05, 0.1) is 0 Å². The monoisotopic (exact) mass is 367 g/mol. The highest BCUT2D eigenvalue weighted by Crippen LogP contribution is 2.21. The van der Waals surface area contributed by atoms with Gasteiger partial charge in [0.1, 0.15) is 0 Å². The zero-order valence-corrected chi connectivity index (χ0v) is 14.7. The first-order chi connectivity index (χ1) is 9.54. The van der Waals surface area contributed by atoms with Gasteiger partial charge < -0.3 is 4.90 Å². The van der Waals surface area contributed by atoms with E-state index in [1.807, 2.05) is 0 Å². The van der Waals surface area contributed by atoms with E-state index in [2.05, 4.69) is 27.8 Å². The summed E-state index contributed by atoms with van der Waals surface area (Å²) in [5, 5.41) is 0.948. The average molecular weight is 368 g/mol. The summed E-state index contributed by atoms with van der Waals surface area (Å²) >= 11 is 3.45. The van der Waals surface area contributed by atoms with E-state index in [9.17, 15) is 8.42 Å². The van der Waals surface area contributed by atoms with Crippen molar-refractivity contribution in [3.05, 3.63) is 0 Å². The highest BCUT2D eigenvalue weighted by molar-refractivity contribution is 9.09. The molecule has 1 atom stereocenters. The molecule has 118 valence electrons. The third-order valence-corrected chi connectivity index (χ3v) is 6.58. The standard InChI is InChI=1S/C13H26BrN3O2S/c1-13-4-2-7-17(12-13)20(18,19)16-8-3-6-15(9-5-14)10-11-16/h13H,2-12H2,1H3. The van der Waals surface area contributed by atoms with Crippen LogP contribution in [0.3, 0.4) is 0 Å². The van der Waals surface area contributed by atoms with Gasteiger partial charge in [-0.3, -0.25) is 0 Å². The van der Waals surface area contributed by atoms with E-state index in [-0.39, 0.29) is 0 Å². The molecule has 0 aromatic heterocycles. The fraction of sp³-hybridized carbons (Fsp3) is 1.00. The molecule has 2 saturated heterocycles. The number of alkyl halides is 1. The largest absolute Gasteiger partial charge is 0.301 e. The first-order valence-corrected chi connectivity index (χ1v) is 10.1. The van der Waals surface area contributed by atoms with Gasteiger partial charge >= 0.3 is 0 Å². The summed E-state index contributed by atoms with van der Waals surface area (Å²) in [6, 6.07) is 0. The minimum Gasteiger partial charge on any atom is -0.301 e. The number of rotatable bonds is 4. The molecule has 1 unspecified atom stereocenters. The molecule has 0 bridgehead atoms. The number of halogens is 1. The topological polar surface area (TPSA) is 43.9 Å². The maximum Gasteiger partial charge on any atom is 0.282 e. The predicted octanol–water partition coefficient (Wildman–Crippen LogP) is 1.37. The van der Waals surface area contributed by atoms with Crippen LogP contribution >= 0.6 is 15.9 Å². The molecule has 2 rings (SSSR count). The van der Waals surface area contributed by atoms with Crippen LogP contribution in [-0.2, 0) is 10.2 Å². The molecule has 0 aliphatic carbocycles. The summed E-state index contributed by atoms with van der Waals surface area (Å²) in [4.78, 5) is 2.34. The van der Waals surface area contributed by atoms with Crippen LogP contribution in [0.4, 0.5) is 0 Å². The van der Waals surface area contributed by atoms with E-state index in [1.165, 1.54) is 0 Å². The van der Waals surface area contributed by atoms with Gasteiger partial charge in [-0.1, -0.05) is 22.9 Å².